The van der Waals surface area contributed by atoms with Gasteiger partial charge in [0.25, 0.3) is 5.91 Å². The third-order valence-electron chi connectivity index (χ3n) is 5.01. The molecule has 174 valence electrons. The van der Waals surface area contributed by atoms with Crippen molar-refractivity contribution in [1.82, 2.24) is 10.7 Å². The smallest absolute Gasteiger partial charge is 0.329 e. The van der Waals surface area contributed by atoms with Gasteiger partial charge in [-0.3, -0.25) is 14.4 Å². The van der Waals surface area contributed by atoms with Gasteiger partial charge in [-0.25, -0.2) is 5.43 Å². The summed E-state index contributed by atoms with van der Waals surface area (Å²) in [7, 11) is 0. The molecule has 0 aliphatic carbocycles. The van der Waals surface area contributed by atoms with E-state index in [1.807, 2.05) is 62.4 Å². The second-order valence-corrected chi connectivity index (χ2v) is 7.52. The first kappa shape index (κ1) is 24.2. The number of aryl methyl sites for hydroxylation is 1. The van der Waals surface area contributed by atoms with Crippen molar-refractivity contribution < 1.29 is 19.1 Å². The second kappa shape index (κ2) is 12.0. The maximum Gasteiger partial charge on any atom is 0.329 e. The molecular formula is C26H26N4O4. The molecule has 0 unspecified atom stereocenters. The molecular weight excluding hydrogens is 432 g/mol. The van der Waals surface area contributed by atoms with Crippen molar-refractivity contribution in [3.8, 4) is 5.75 Å². The predicted molar refractivity (Wildman–Crippen MR) is 131 cm³/mol. The Morgan fingerprint density at radius 1 is 0.882 bits per heavy atom. The van der Waals surface area contributed by atoms with Crippen LogP contribution in [-0.4, -0.2) is 30.5 Å². The molecule has 8 heteroatoms. The van der Waals surface area contributed by atoms with E-state index in [1.54, 1.807) is 24.3 Å². The van der Waals surface area contributed by atoms with Gasteiger partial charge in [0.15, 0.2) is 6.61 Å². The summed E-state index contributed by atoms with van der Waals surface area (Å²) in [5.74, 6) is -1.38. The fraction of sp³-hybridized carbons (Fsp3) is 0.154. The molecule has 0 bridgehead atoms. The maximum atomic E-state index is 12.2. The number of benzene rings is 3. The Morgan fingerprint density at radius 2 is 1.62 bits per heavy atom. The monoisotopic (exact) mass is 458 g/mol. The number of hydrogen-bond acceptors (Lipinski definition) is 5. The lowest BCUT2D eigenvalue weighted by Crippen LogP contribution is -2.37. The van der Waals surface area contributed by atoms with E-state index in [-0.39, 0.29) is 19.1 Å². The maximum absolute atomic E-state index is 12.2. The van der Waals surface area contributed by atoms with Gasteiger partial charge in [-0.2, -0.15) is 5.10 Å². The predicted octanol–water partition coefficient (Wildman–Crippen LogP) is 3.09. The van der Waals surface area contributed by atoms with Crippen LogP contribution in [0.15, 0.2) is 77.9 Å². The van der Waals surface area contributed by atoms with E-state index in [4.69, 9.17) is 4.74 Å². The average molecular weight is 459 g/mol. The molecule has 0 aliphatic heterocycles. The average Bonchev–Trinajstić information content (AvgIpc) is 2.85. The van der Waals surface area contributed by atoms with E-state index in [0.717, 1.165) is 22.4 Å². The standard InChI is InChI=1S/C26H26N4O4/c1-18-7-6-10-23(19(18)2)29-24(31)17-34-22-13-11-21(12-14-22)16-28-30-26(33)25(32)27-15-20-8-4-3-5-9-20/h3-14,16H,15,17H2,1-2H3,(H,27,32)(H,29,31)(H,30,33)/b28-16-. The van der Waals surface area contributed by atoms with Crippen LogP contribution in [0.4, 0.5) is 5.69 Å². The van der Waals surface area contributed by atoms with Gasteiger partial charge in [0.1, 0.15) is 5.75 Å². The lowest BCUT2D eigenvalue weighted by molar-refractivity contribution is -0.139. The van der Waals surface area contributed by atoms with Crippen LogP contribution in [0.5, 0.6) is 5.75 Å². The third-order valence-corrected chi connectivity index (χ3v) is 5.01. The molecule has 0 spiro atoms. The number of nitrogens with zero attached hydrogens (tertiary/aromatic N) is 1. The number of carbonyl (C=O) groups is 3. The molecule has 0 atom stereocenters. The SMILES string of the molecule is Cc1cccc(NC(=O)COc2ccc(/C=N\NC(=O)C(=O)NCc3ccccc3)cc2)c1C. The molecule has 0 saturated heterocycles. The molecule has 3 amide bonds. The molecule has 3 rings (SSSR count). The third kappa shape index (κ3) is 7.30. The molecule has 8 nitrogen and oxygen atoms in total. The summed E-state index contributed by atoms with van der Waals surface area (Å²) in [4.78, 5) is 35.8. The molecule has 0 aromatic heterocycles. The summed E-state index contributed by atoms with van der Waals surface area (Å²) in [5, 5.41) is 9.16. The van der Waals surface area contributed by atoms with Crippen molar-refractivity contribution in [2.75, 3.05) is 11.9 Å². The van der Waals surface area contributed by atoms with Crippen LogP contribution in [-0.2, 0) is 20.9 Å². The Bertz CT molecular complexity index is 1180. The molecule has 0 fully saturated rings. The molecule has 3 aromatic carbocycles. The van der Waals surface area contributed by atoms with Crippen molar-refractivity contribution >= 4 is 29.6 Å². The van der Waals surface area contributed by atoms with Crippen LogP contribution in [0.3, 0.4) is 0 Å². The summed E-state index contributed by atoms with van der Waals surface area (Å²) < 4.78 is 5.52. The Labute approximate surface area is 198 Å². The van der Waals surface area contributed by atoms with E-state index in [2.05, 4.69) is 21.2 Å². The summed E-state index contributed by atoms with van der Waals surface area (Å²) in [6.07, 6.45) is 1.40. The van der Waals surface area contributed by atoms with Crippen LogP contribution < -0.4 is 20.8 Å². The summed E-state index contributed by atoms with van der Waals surface area (Å²) in [6.45, 7) is 4.06. The van der Waals surface area contributed by atoms with E-state index in [0.29, 0.717) is 11.3 Å². The van der Waals surface area contributed by atoms with Gasteiger partial charge in [-0.1, -0.05) is 42.5 Å². The zero-order chi connectivity index (χ0) is 24.3. The number of rotatable bonds is 8. The van der Waals surface area contributed by atoms with Gasteiger partial charge in [-0.15, -0.1) is 0 Å². The first-order valence-corrected chi connectivity index (χ1v) is 10.7. The van der Waals surface area contributed by atoms with Crippen LogP contribution in [0.1, 0.15) is 22.3 Å². The Hall–Kier alpha value is -4.46. The van der Waals surface area contributed by atoms with Gasteiger partial charge < -0.3 is 15.4 Å². The van der Waals surface area contributed by atoms with Crippen LogP contribution in [0.25, 0.3) is 0 Å². The minimum Gasteiger partial charge on any atom is -0.484 e. The molecule has 0 heterocycles. The van der Waals surface area contributed by atoms with Crippen LogP contribution >= 0.6 is 0 Å². The highest BCUT2D eigenvalue weighted by Gasteiger charge is 2.11. The molecule has 0 radical (unpaired) electrons. The number of carbonyl (C=O) groups excluding carboxylic acids is 3. The zero-order valence-corrected chi connectivity index (χ0v) is 19.0. The van der Waals surface area contributed by atoms with Gasteiger partial charge >= 0.3 is 11.8 Å². The van der Waals surface area contributed by atoms with E-state index < -0.39 is 11.8 Å². The summed E-state index contributed by atoms with van der Waals surface area (Å²) >= 11 is 0. The van der Waals surface area contributed by atoms with Gasteiger partial charge in [0.2, 0.25) is 0 Å². The van der Waals surface area contributed by atoms with E-state index in [9.17, 15) is 14.4 Å². The van der Waals surface area contributed by atoms with E-state index >= 15 is 0 Å². The number of hydrazone groups is 1. The Balaban J connectivity index is 1.41. The number of nitrogens with one attached hydrogen (secondary N) is 3. The minimum atomic E-state index is -0.859. The Morgan fingerprint density at radius 3 is 2.35 bits per heavy atom. The van der Waals surface area contributed by atoms with Crippen molar-refractivity contribution in [3.63, 3.8) is 0 Å². The molecule has 3 N–H and O–H groups in total. The molecule has 34 heavy (non-hydrogen) atoms. The van der Waals surface area contributed by atoms with Gasteiger partial charge in [-0.05, 0) is 66.4 Å². The summed E-state index contributed by atoms with van der Waals surface area (Å²) in [6, 6.07) is 21.8. The molecule has 0 saturated carbocycles. The normalized spacial score (nSPS) is 10.5. The van der Waals surface area contributed by atoms with Gasteiger partial charge in [0, 0.05) is 12.2 Å². The second-order valence-electron chi connectivity index (χ2n) is 7.52. The van der Waals surface area contributed by atoms with Crippen molar-refractivity contribution in [2.24, 2.45) is 5.10 Å². The Kier molecular flexibility index (Phi) is 8.51. The fourth-order valence-corrected chi connectivity index (χ4v) is 2.95. The number of anilines is 1. The first-order valence-electron chi connectivity index (χ1n) is 10.7. The first-order chi connectivity index (χ1) is 16.4. The highest BCUT2D eigenvalue weighted by Crippen LogP contribution is 2.18. The zero-order valence-electron chi connectivity index (χ0n) is 19.0. The van der Waals surface area contributed by atoms with Crippen LogP contribution in [0, 0.1) is 13.8 Å². The molecule has 0 aliphatic rings. The minimum absolute atomic E-state index is 0.130. The quantitative estimate of drug-likeness (QED) is 0.274. The highest BCUT2D eigenvalue weighted by molar-refractivity contribution is 6.35. The lowest BCUT2D eigenvalue weighted by Gasteiger charge is -2.11. The van der Waals surface area contributed by atoms with Crippen molar-refractivity contribution in [2.45, 2.75) is 20.4 Å². The number of hydrogen-bond donors (Lipinski definition) is 3. The highest BCUT2D eigenvalue weighted by atomic mass is 16.5. The van der Waals surface area contributed by atoms with Crippen LogP contribution in [0.2, 0.25) is 0 Å². The van der Waals surface area contributed by atoms with Gasteiger partial charge in [0.05, 0.1) is 6.21 Å². The van der Waals surface area contributed by atoms with E-state index in [1.165, 1.54) is 6.21 Å². The topological polar surface area (TPSA) is 109 Å². The number of amides is 3. The molecule has 3 aromatic rings. The van der Waals surface area contributed by atoms with Crippen molar-refractivity contribution in [1.29, 1.82) is 0 Å². The lowest BCUT2D eigenvalue weighted by atomic mass is 10.1. The largest absolute Gasteiger partial charge is 0.484 e. The van der Waals surface area contributed by atoms with Crippen molar-refractivity contribution in [3.05, 3.63) is 95.1 Å². The fourth-order valence-electron chi connectivity index (χ4n) is 2.95. The number of ether oxygens (including phenoxy) is 1. The summed E-state index contributed by atoms with van der Waals surface area (Å²) in [5.41, 5.74) is 6.62.